The first-order valence-electron chi connectivity index (χ1n) is 41.9. The van der Waals surface area contributed by atoms with Gasteiger partial charge in [-0.05, 0) is 213 Å². The van der Waals surface area contributed by atoms with E-state index in [-0.39, 0.29) is 36.6 Å². The summed E-state index contributed by atoms with van der Waals surface area (Å²) in [5, 5.41) is 61.0. The Hall–Kier alpha value is -10.8. The third-order valence-corrected chi connectivity index (χ3v) is 19.9. The lowest BCUT2D eigenvalue weighted by molar-refractivity contribution is -0.139. The number of hydrogen-bond acceptors (Lipinski definition) is 22. The predicted molar refractivity (Wildman–Crippen MR) is 497 cm³/mol. The lowest BCUT2D eigenvalue weighted by Crippen LogP contribution is -2.32. The molecule has 37 N–H and O–H groups in total. The van der Waals surface area contributed by atoms with Crippen molar-refractivity contribution in [1.82, 2.24) is 0 Å². The predicted octanol–water partition coefficient (Wildman–Crippen LogP) is 9.34. The number of allylic oxidation sites excluding steroid dienone is 3. The van der Waals surface area contributed by atoms with E-state index in [9.17, 15) is 33.6 Å². The number of para-hydroxylation sites is 1. The molecule has 7 rings (SSSR count). The molecule has 0 aliphatic heterocycles. The highest BCUT2D eigenvalue weighted by Gasteiger charge is 2.20. The summed E-state index contributed by atoms with van der Waals surface area (Å²) in [6.45, 7) is 23.1. The molecule has 29 nitrogen and oxygen atoms in total. The molecule has 12 atom stereocenters. The number of hydrogen-bond donors (Lipinski definition) is 22. The molecule has 0 aliphatic carbocycles. The Kier molecular flexibility index (Phi) is 53.1. The van der Waals surface area contributed by atoms with Crippen molar-refractivity contribution in [1.29, 1.82) is 0 Å². The van der Waals surface area contributed by atoms with Gasteiger partial charge in [-0.25, -0.2) is 0 Å². The summed E-state index contributed by atoms with van der Waals surface area (Å²) in [7, 11) is 0. The van der Waals surface area contributed by atoms with Crippen LogP contribution in [-0.2, 0) is 97.8 Å². The molecule has 7 aromatic rings. The smallest absolute Gasteiger partial charge is 0.320 e. The number of carboxylic acid groups (broad SMARTS) is 7. The van der Waals surface area contributed by atoms with Crippen molar-refractivity contribution in [2.75, 3.05) is 11.5 Å². The van der Waals surface area contributed by atoms with Crippen LogP contribution in [0.15, 0.2) is 187 Å². The molecule has 12 unspecified atom stereocenters. The largest absolute Gasteiger partial charge is 0.480 e. The van der Waals surface area contributed by atoms with Gasteiger partial charge < -0.3 is 122 Å². The lowest BCUT2D eigenvalue weighted by Gasteiger charge is -2.15. The molecule has 29 heteroatoms. The normalized spacial score (nSPS) is 13.9. The summed E-state index contributed by atoms with van der Waals surface area (Å²) in [5.74, 6) is -4.84. The fraction of sp³-hybridized carbons (Fsp3) is 0.442. The van der Waals surface area contributed by atoms with Crippen LogP contribution in [-0.4, -0.2) is 132 Å². The first-order chi connectivity index (χ1) is 58.0. The Bertz CT molecular complexity index is 4330. The van der Waals surface area contributed by atoms with Crippen LogP contribution in [0.4, 0.5) is 11.4 Å². The summed E-state index contributed by atoms with van der Waals surface area (Å²) >= 11 is 0. The molecule has 0 spiro atoms. The maximum absolute atomic E-state index is 10.7. The van der Waals surface area contributed by atoms with Crippen LogP contribution >= 0.6 is 0 Å². The number of anilines is 2. The van der Waals surface area contributed by atoms with Gasteiger partial charge in [-0.3, -0.25) is 33.6 Å². The lowest BCUT2D eigenvalue weighted by atomic mass is 9.96. The zero-order valence-corrected chi connectivity index (χ0v) is 74.2. The van der Waals surface area contributed by atoms with Gasteiger partial charge in [0.25, 0.3) is 0 Å². The van der Waals surface area contributed by atoms with Gasteiger partial charge in [-0.15, -0.1) is 0 Å². The molecule has 0 saturated heterocycles. The van der Waals surface area contributed by atoms with Crippen molar-refractivity contribution in [3.05, 3.63) is 260 Å². The molecular formula is C95H145N15O14. The first-order valence-corrected chi connectivity index (χ1v) is 41.9. The number of aryl methyl sites for hydroxylation is 1. The average molecular weight is 1720 g/mol. The number of aliphatic carboxylic acids is 7. The first kappa shape index (κ1) is 111. The van der Waals surface area contributed by atoms with E-state index in [1.165, 1.54) is 11.1 Å². The maximum Gasteiger partial charge on any atom is 0.320 e. The standard InChI is InChI=1S/C15H24N2O2.C15H22N2O2.C15H24N2O2.C15H22N2O2.C14H22N2O2.C12H18N2O2.C9H13N3O2/c2*1-10(2)3-8-13(16)12-6-4-11(5-7-12)9-14(17)15(18)19;2*1-10(2)13(16)8-7-11-3-5-12(6-4-11)9-14(17)15(18)19;1-9(2)7-12(15)11-5-3-10(4-6-11)8-13(16)14(17)18;1-8(13)6-9-2-4-10(5-3-9)7-11(14)12(15)16;10-6-3-1-2-5(8(6)12)4-7(11)9(13)14/h4-7,10,13-14H,3,8-9,16-17H2,1-2H3,(H,18,19);3-7,13-14H,8-9,16-17H2,1-2H3,(H,18,19);3-6,10,13-14H,7-9,16-17H2,1-2H3,(H,18,19);3-6,8,10,14H,7,9,16-17H2,1-2H3,(H,18,19);3-6,9,12-13H,7-8,15-16H2,1-2H3,(H,17,18);2-5,8,11H,6-7,13-14H2,1H3,(H,15,16);1-3,7H,4,10-12H2,(H,13,14)/b;;;13-8-;;;. The van der Waals surface area contributed by atoms with Gasteiger partial charge in [0.1, 0.15) is 42.3 Å². The van der Waals surface area contributed by atoms with E-state index in [0.29, 0.717) is 79.1 Å². The SMILES string of the molecule is CC(C)/C(N)=C/Cc1ccc(CC(N)C(=O)O)cc1.CC(C)=CCC(N)c1ccc(CC(N)C(=O)O)cc1.CC(C)C(N)CCc1ccc(CC(N)C(=O)O)cc1.CC(C)CC(N)c1ccc(CC(N)C(=O)O)cc1.CC(C)CCC(N)c1ccc(CC(N)C(=O)O)cc1.CC(N)Cc1ccc(CC(N)C(=O)O)cc1.Nc1cccc(CC(N)C(=O)O)c1N. The van der Waals surface area contributed by atoms with Crippen molar-refractivity contribution in [2.24, 2.45) is 98.2 Å². The minimum Gasteiger partial charge on any atom is -0.480 e. The van der Waals surface area contributed by atoms with E-state index in [0.717, 1.165) is 118 Å². The van der Waals surface area contributed by atoms with Gasteiger partial charge >= 0.3 is 41.8 Å². The summed E-state index contributed by atoms with van der Waals surface area (Å²) in [4.78, 5) is 74.4. The average Bonchev–Trinajstić information content (AvgIpc) is 0.889. The van der Waals surface area contributed by atoms with Crippen LogP contribution in [0.3, 0.4) is 0 Å². The van der Waals surface area contributed by atoms with Crippen molar-refractivity contribution in [3.63, 3.8) is 0 Å². The van der Waals surface area contributed by atoms with Crippen molar-refractivity contribution in [3.8, 4) is 0 Å². The van der Waals surface area contributed by atoms with Crippen molar-refractivity contribution in [2.45, 2.75) is 245 Å². The van der Waals surface area contributed by atoms with Gasteiger partial charge in [0.05, 0.1) is 11.4 Å². The summed E-state index contributed by atoms with van der Waals surface area (Å²) in [6, 6.07) is 46.1. The Balaban J connectivity index is 0.000000725. The van der Waals surface area contributed by atoms with Crippen LogP contribution < -0.4 is 86.0 Å². The van der Waals surface area contributed by atoms with Crippen LogP contribution in [0.1, 0.15) is 199 Å². The monoisotopic (exact) mass is 1720 g/mol. The van der Waals surface area contributed by atoms with Gasteiger partial charge in [0.2, 0.25) is 0 Å². The third kappa shape index (κ3) is 48.3. The van der Waals surface area contributed by atoms with Gasteiger partial charge in [-0.2, -0.15) is 0 Å². The van der Waals surface area contributed by atoms with Crippen LogP contribution in [0.5, 0.6) is 0 Å². The second kappa shape index (κ2) is 59.1. The molecule has 0 aliphatic rings. The summed E-state index contributed by atoms with van der Waals surface area (Å²) in [6.07, 6.45) is 13.7. The van der Waals surface area contributed by atoms with Crippen molar-refractivity contribution >= 4 is 53.2 Å². The molecule has 0 bridgehead atoms. The van der Waals surface area contributed by atoms with Crippen LogP contribution in [0.25, 0.3) is 0 Å². The van der Waals surface area contributed by atoms with E-state index in [1.807, 2.05) is 172 Å². The molecule has 0 fully saturated rings. The summed E-state index contributed by atoms with van der Waals surface area (Å²) in [5.41, 5.74) is 101. The number of rotatable bonds is 40. The zero-order valence-electron chi connectivity index (χ0n) is 74.2. The van der Waals surface area contributed by atoms with Crippen LogP contribution in [0.2, 0.25) is 0 Å². The topological polar surface area (TPSA) is 651 Å². The second-order valence-electron chi connectivity index (χ2n) is 33.3. The molecule has 0 heterocycles. The minimum atomic E-state index is -1.05. The zero-order chi connectivity index (χ0) is 94.2. The number of carbonyl (C=O) groups is 7. The third-order valence-electron chi connectivity index (χ3n) is 19.9. The Morgan fingerprint density at radius 2 is 0.629 bits per heavy atom. The number of benzene rings is 7. The molecule has 0 saturated carbocycles. The van der Waals surface area contributed by atoms with E-state index in [4.69, 9.17) is 122 Å². The Morgan fingerprint density at radius 3 is 0.927 bits per heavy atom. The number of carboxylic acids is 7. The second-order valence-corrected chi connectivity index (χ2v) is 33.3. The van der Waals surface area contributed by atoms with Gasteiger partial charge in [0, 0.05) is 42.3 Å². The molecular weight excluding hydrogens is 1580 g/mol. The molecule has 0 radical (unpaired) electrons. The van der Waals surface area contributed by atoms with E-state index < -0.39 is 84.1 Å². The van der Waals surface area contributed by atoms with Gasteiger partial charge in [0.15, 0.2) is 0 Å². The van der Waals surface area contributed by atoms with Crippen molar-refractivity contribution < 1.29 is 69.3 Å². The Labute approximate surface area is 733 Å². The quantitative estimate of drug-likeness (QED) is 0.0126. The van der Waals surface area contributed by atoms with E-state index in [1.54, 1.807) is 18.2 Å². The fourth-order valence-electron chi connectivity index (χ4n) is 11.7. The number of nitrogen functional groups attached to an aromatic ring is 2. The van der Waals surface area contributed by atoms with E-state index in [2.05, 4.69) is 61.5 Å². The summed E-state index contributed by atoms with van der Waals surface area (Å²) < 4.78 is 0. The highest BCUT2D eigenvalue weighted by atomic mass is 16.4. The molecule has 0 amide bonds. The molecule has 124 heavy (non-hydrogen) atoms. The molecule has 0 aromatic heterocycles. The highest BCUT2D eigenvalue weighted by Crippen LogP contribution is 2.24. The minimum absolute atomic E-state index is 0.0305. The van der Waals surface area contributed by atoms with Gasteiger partial charge in [-0.1, -0.05) is 231 Å². The van der Waals surface area contributed by atoms with E-state index >= 15 is 0 Å². The highest BCUT2D eigenvalue weighted by molar-refractivity contribution is 5.77. The molecule has 684 valence electrons. The molecule has 7 aromatic carbocycles. The maximum atomic E-state index is 10.7. The van der Waals surface area contributed by atoms with Crippen LogP contribution in [0, 0.1) is 23.7 Å². The number of nitrogens with two attached hydrogens (primary N) is 15. The Morgan fingerprint density at radius 1 is 0.331 bits per heavy atom. The fourth-order valence-corrected chi connectivity index (χ4v) is 11.7.